The van der Waals surface area contributed by atoms with Gasteiger partial charge in [-0.1, -0.05) is 29.4 Å². The van der Waals surface area contributed by atoms with Crippen molar-refractivity contribution in [1.29, 1.82) is 0 Å². The molecule has 152 valence electrons. The molecule has 5 heterocycles. The maximum atomic E-state index is 14.1. The first-order chi connectivity index (χ1) is 14.7. The molecule has 2 bridgehead atoms. The summed E-state index contributed by atoms with van der Waals surface area (Å²) in [4.78, 5) is 6.82. The molecule has 2 aromatic heterocycles. The van der Waals surface area contributed by atoms with Gasteiger partial charge in [-0.25, -0.2) is 4.39 Å². The summed E-state index contributed by atoms with van der Waals surface area (Å²) in [6, 6.07) is 13.6. The Morgan fingerprint density at radius 2 is 1.90 bits per heavy atom. The van der Waals surface area contributed by atoms with Crippen molar-refractivity contribution < 1.29 is 8.91 Å². The molecule has 0 amide bonds. The number of piperidine rings is 1. The molecule has 0 radical (unpaired) electrons. The Hall–Kier alpha value is -2.99. The lowest BCUT2D eigenvalue weighted by atomic mass is 9.94. The molecule has 0 spiro atoms. The zero-order valence-electron chi connectivity index (χ0n) is 16.9. The average Bonchev–Trinajstić information content (AvgIpc) is 3.19. The number of fused-ring (bicyclic) bond motifs is 3. The third-order valence-corrected chi connectivity index (χ3v) is 6.61. The number of rotatable bonds is 3. The molecule has 5 nitrogen and oxygen atoms in total. The van der Waals surface area contributed by atoms with Crippen LogP contribution < -0.4 is 0 Å². The standard InChI is InChI=1S/C24H23FN4O/c1-15-26-24(27-30-15)18-4-2-16(3-5-18)13-29-22-7-6-19(25)12-20(22)21-14-28-10-8-17(9-11-28)23(21)29/h2-7,12,17H,8-11,13-14H2,1H3. The number of aromatic nitrogens is 3. The Labute approximate surface area is 174 Å². The van der Waals surface area contributed by atoms with Gasteiger partial charge in [0.25, 0.3) is 0 Å². The molecule has 0 unspecified atom stereocenters. The Balaban J connectivity index is 1.43. The van der Waals surface area contributed by atoms with Crippen LogP contribution in [0.4, 0.5) is 4.39 Å². The highest BCUT2D eigenvalue weighted by Gasteiger charge is 2.32. The van der Waals surface area contributed by atoms with Crippen LogP contribution in [0.25, 0.3) is 22.3 Å². The van der Waals surface area contributed by atoms with Crippen LogP contribution in [0, 0.1) is 12.7 Å². The monoisotopic (exact) mass is 402 g/mol. The average molecular weight is 402 g/mol. The maximum absolute atomic E-state index is 14.1. The summed E-state index contributed by atoms with van der Waals surface area (Å²) < 4.78 is 21.6. The zero-order chi connectivity index (χ0) is 20.2. The molecular formula is C24H23FN4O. The fourth-order valence-electron chi connectivity index (χ4n) is 5.17. The van der Waals surface area contributed by atoms with Gasteiger partial charge in [-0.2, -0.15) is 4.98 Å². The van der Waals surface area contributed by atoms with E-state index >= 15 is 0 Å². The van der Waals surface area contributed by atoms with Crippen LogP contribution in [-0.4, -0.2) is 32.7 Å². The highest BCUT2D eigenvalue weighted by molar-refractivity contribution is 5.86. The zero-order valence-corrected chi connectivity index (χ0v) is 16.9. The highest BCUT2D eigenvalue weighted by Crippen LogP contribution is 2.41. The number of benzene rings is 2. The topological polar surface area (TPSA) is 47.1 Å². The van der Waals surface area contributed by atoms with Crippen molar-refractivity contribution >= 4 is 10.9 Å². The fraction of sp³-hybridized carbons (Fsp3) is 0.333. The Bertz CT molecular complexity index is 1230. The predicted molar refractivity (Wildman–Crippen MR) is 113 cm³/mol. The normalized spacial score (nSPS) is 20.5. The van der Waals surface area contributed by atoms with E-state index in [1.165, 1.54) is 29.7 Å². The van der Waals surface area contributed by atoms with Crippen LogP contribution >= 0.6 is 0 Å². The predicted octanol–water partition coefficient (Wildman–Crippen LogP) is 4.88. The molecule has 1 fully saturated rings. The van der Waals surface area contributed by atoms with E-state index in [0.717, 1.165) is 42.6 Å². The minimum Gasteiger partial charge on any atom is -0.340 e. The number of nitrogens with zero attached hydrogens (tertiary/aromatic N) is 4. The molecule has 3 aliphatic heterocycles. The van der Waals surface area contributed by atoms with Crippen molar-refractivity contribution in [2.45, 2.75) is 38.8 Å². The van der Waals surface area contributed by atoms with Gasteiger partial charge < -0.3 is 9.09 Å². The molecule has 30 heavy (non-hydrogen) atoms. The van der Waals surface area contributed by atoms with E-state index in [1.807, 2.05) is 18.2 Å². The van der Waals surface area contributed by atoms with Crippen molar-refractivity contribution in [2.75, 3.05) is 13.1 Å². The van der Waals surface area contributed by atoms with Gasteiger partial charge >= 0.3 is 0 Å². The van der Waals surface area contributed by atoms with E-state index in [1.54, 1.807) is 19.1 Å². The van der Waals surface area contributed by atoms with Crippen molar-refractivity contribution in [3.05, 3.63) is 71.0 Å². The van der Waals surface area contributed by atoms with Crippen molar-refractivity contribution in [2.24, 2.45) is 0 Å². The minimum absolute atomic E-state index is 0.159. The van der Waals surface area contributed by atoms with Crippen LogP contribution in [0.15, 0.2) is 47.0 Å². The van der Waals surface area contributed by atoms with Crippen LogP contribution in [0.5, 0.6) is 0 Å². The molecule has 6 heteroatoms. The summed E-state index contributed by atoms with van der Waals surface area (Å²) in [5.41, 5.74) is 6.02. The van der Waals surface area contributed by atoms with E-state index in [2.05, 4.69) is 31.7 Å². The third kappa shape index (κ3) is 2.86. The molecule has 4 aromatic rings. The Kier molecular flexibility index (Phi) is 4.03. The second kappa shape index (κ2) is 6.77. The lowest BCUT2D eigenvalue weighted by Crippen LogP contribution is -2.29. The maximum Gasteiger partial charge on any atom is 0.223 e. The van der Waals surface area contributed by atoms with E-state index in [4.69, 9.17) is 4.52 Å². The highest BCUT2D eigenvalue weighted by atomic mass is 19.1. The van der Waals surface area contributed by atoms with Gasteiger partial charge in [-0.05, 0) is 55.3 Å². The van der Waals surface area contributed by atoms with Crippen molar-refractivity contribution in [1.82, 2.24) is 19.6 Å². The number of hydrogen-bond donors (Lipinski definition) is 0. The molecule has 0 aliphatic carbocycles. The van der Waals surface area contributed by atoms with Crippen LogP contribution in [-0.2, 0) is 13.1 Å². The van der Waals surface area contributed by atoms with Crippen LogP contribution in [0.1, 0.15) is 41.5 Å². The van der Waals surface area contributed by atoms with Gasteiger partial charge in [0, 0.05) is 48.1 Å². The lowest BCUT2D eigenvalue weighted by Gasteiger charge is -2.27. The summed E-state index contributed by atoms with van der Waals surface area (Å²) in [5.74, 6) is 1.57. The smallest absolute Gasteiger partial charge is 0.223 e. The van der Waals surface area contributed by atoms with E-state index in [-0.39, 0.29) is 5.82 Å². The van der Waals surface area contributed by atoms with Crippen molar-refractivity contribution in [3.8, 4) is 11.4 Å². The van der Waals surface area contributed by atoms with Gasteiger partial charge in [0.2, 0.25) is 11.7 Å². The summed E-state index contributed by atoms with van der Waals surface area (Å²) in [7, 11) is 0. The molecule has 0 atom stereocenters. The lowest BCUT2D eigenvalue weighted by molar-refractivity contribution is 0.219. The Morgan fingerprint density at radius 3 is 2.63 bits per heavy atom. The second-order valence-electron chi connectivity index (χ2n) is 8.50. The number of aryl methyl sites for hydroxylation is 1. The molecule has 2 aromatic carbocycles. The molecule has 0 saturated carbocycles. The first kappa shape index (κ1) is 17.8. The Morgan fingerprint density at radius 1 is 1.10 bits per heavy atom. The van der Waals surface area contributed by atoms with E-state index in [0.29, 0.717) is 17.6 Å². The molecule has 1 saturated heterocycles. The molecular weight excluding hydrogens is 379 g/mol. The first-order valence-corrected chi connectivity index (χ1v) is 10.6. The quantitative estimate of drug-likeness (QED) is 0.490. The van der Waals surface area contributed by atoms with Gasteiger partial charge in [0.15, 0.2) is 0 Å². The summed E-state index contributed by atoms with van der Waals surface area (Å²) in [6.07, 6.45) is 2.36. The van der Waals surface area contributed by atoms with Gasteiger partial charge in [0.05, 0.1) is 0 Å². The fourth-order valence-corrected chi connectivity index (χ4v) is 5.17. The summed E-state index contributed by atoms with van der Waals surface area (Å²) in [6.45, 7) is 5.76. The molecule has 0 N–H and O–H groups in total. The summed E-state index contributed by atoms with van der Waals surface area (Å²) in [5, 5.41) is 5.07. The van der Waals surface area contributed by atoms with Crippen LogP contribution in [0.2, 0.25) is 0 Å². The number of hydrogen-bond acceptors (Lipinski definition) is 4. The van der Waals surface area contributed by atoms with Gasteiger partial charge in [-0.3, -0.25) is 4.90 Å². The minimum atomic E-state index is -0.159. The SMILES string of the molecule is Cc1nc(-c2ccc(Cn3c4c(c5cc(F)ccc53)CN3CCC4CC3)cc2)no1. The summed E-state index contributed by atoms with van der Waals surface area (Å²) >= 11 is 0. The van der Waals surface area contributed by atoms with Crippen molar-refractivity contribution in [3.63, 3.8) is 0 Å². The third-order valence-electron chi connectivity index (χ3n) is 6.61. The number of halogens is 1. The van der Waals surface area contributed by atoms with E-state index in [9.17, 15) is 4.39 Å². The van der Waals surface area contributed by atoms with Crippen LogP contribution in [0.3, 0.4) is 0 Å². The largest absolute Gasteiger partial charge is 0.340 e. The second-order valence-corrected chi connectivity index (χ2v) is 8.50. The van der Waals surface area contributed by atoms with Gasteiger partial charge in [-0.15, -0.1) is 0 Å². The van der Waals surface area contributed by atoms with Gasteiger partial charge in [0.1, 0.15) is 5.82 Å². The molecule has 7 rings (SSSR count). The molecule has 3 aliphatic rings. The first-order valence-electron chi connectivity index (χ1n) is 10.6. The van der Waals surface area contributed by atoms with E-state index < -0.39 is 0 Å².